The maximum Gasteiger partial charge on any atom is 0.0726 e. The average Bonchev–Trinajstić information content (AvgIpc) is 3.57. The summed E-state index contributed by atoms with van der Waals surface area (Å²) in [5, 5.41) is 0. The van der Waals surface area contributed by atoms with E-state index in [1.54, 1.807) is 0 Å². The van der Waals surface area contributed by atoms with E-state index in [4.69, 9.17) is 0 Å². The van der Waals surface area contributed by atoms with Gasteiger partial charge in [-0.25, -0.2) is 0 Å². The van der Waals surface area contributed by atoms with Gasteiger partial charge >= 0.3 is 0 Å². The van der Waals surface area contributed by atoms with E-state index in [1.165, 1.54) is 61.2 Å². The lowest BCUT2D eigenvalue weighted by Gasteiger charge is -2.39. The molecule has 0 heterocycles. The molecule has 0 spiro atoms. The normalized spacial score (nSPS) is 17.7. The minimum atomic E-state index is -2.03. The molecule has 0 fully saturated rings. The summed E-state index contributed by atoms with van der Waals surface area (Å²) in [7, 11) is -2.03. The van der Waals surface area contributed by atoms with Gasteiger partial charge in [-0.1, -0.05) is 152 Å². The van der Waals surface area contributed by atoms with E-state index in [0.717, 1.165) is 0 Å². The fourth-order valence-electron chi connectivity index (χ4n) is 7.53. The molecule has 2 aliphatic carbocycles. The second-order valence-electron chi connectivity index (χ2n) is 11.9. The fraction of sp³-hybridized carbons (Fsp3) is 0.128. The van der Waals surface area contributed by atoms with Crippen LogP contribution in [0.1, 0.15) is 45.8 Å². The third-order valence-corrected chi connectivity index (χ3v) is 13.5. The van der Waals surface area contributed by atoms with Crippen LogP contribution in [0.3, 0.4) is 0 Å². The molecule has 194 valence electrons. The molecule has 0 N–H and O–H groups in total. The van der Waals surface area contributed by atoms with Gasteiger partial charge in [-0.05, 0) is 68.6 Å². The third kappa shape index (κ3) is 3.96. The van der Waals surface area contributed by atoms with Gasteiger partial charge in [-0.2, -0.15) is 0 Å². The molecule has 2 atom stereocenters. The molecule has 0 radical (unpaired) electrons. The minimum Gasteiger partial charge on any atom is -0.0679 e. The second kappa shape index (κ2) is 9.77. The van der Waals surface area contributed by atoms with Crippen molar-refractivity contribution in [2.45, 2.75) is 31.1 Å². The molecule has 0 saturated heterocycles. The molecule has 5 aromatic carbocycles. The molecule has 5 aromatic rings. The van der Waals surface area contributed by atoms with Crippen LogP contribution in [0.4, 0.5) is 0 Å². The Labute approximate surface area is 239 Å². The van der Waals surface area contributed by atoms with Crippen molar-refractivity contribution in [2.75, 3.05) is 0 Å². The summed E-state index contributed by atoms with van der Waals surface area (Å²) in [5.74, 6) is 0. The van der Waals surface area contributed by atoms with Crippen LogP contribution in [0.25, 0.3) is 40.0 Å². The molecule has 2 aliphatic rings. The molecule has 0 amide bonds. The molecule has 0 bridgehead atoms. The Morgan fingerprint density at radius 2 is 0.900 bits per heavy atom. The molecule has 0 nitrogen and oxygen atoms in total. The largest absolute Gasteiger partial charge is 0.0726 e. The lowest BCUT2D eigenvalue weighted by molar-refractivity contribution is 1.01. The molecule has 2 unspecified atom stereocenters. The van der Waals surface area contributed by atoms with Crippen LogP contribution in [-0.2, 0) is 0 Å². The Morgan fingerprint density at radius 1 is 0.450 bits per heavy atom. The van der Waals surface area contributed by atoms with Gasteiger partial charge in [0.15, 0.2) is 0 Å². The second-order valence-corrected chi connectivity index (χ2v) is 16.7. The Hall–Kier alpha value is -4.20. The van der Waals surface area contributed by atoms with Crippen molar-refractivity contribution < 1.29 is 0 Å². The molecule has 0 aromatic heterocycles. The number of rotatable bonds is 5. The smallest absolute Gasteiger partial charge is 0.0679 e. The van der Waals surface area contributed by atoms with Crippen LogP contribution in [0.2, 0.25) is 13.1 Å². The first-order valence-electron chi connectivity index (χ1n) is 14.4. The SMILES string of the molecule is CC1=Cc2c(-c3ccccc3)cccc2C1[Si](C)(C)C1C(c2ccccc2)=Cc2c(-c3ccccc3)cccc21. The highest BCUT2D eigenvalue weighted by atomic mass is 28.3. The van der Waals surface area contributed by atoms with Crippen LogP contribution >= 0.6 is 0 Å². The molecular formula is C39H34Si. The third-order valence-electron chi connectivity index (χ3n) is 9.10. The Morgan fingerprint density at radius 3 is 1.43 bits per heavy atom. The van der Waals surface area contributed by atoms with Crippen LogP contribution in [0.15, 0.2) is 133 Å². The summed E-state index contributed by atoms with van der Waals surface area (Å²) in [5.41, 5.74) is 16.3. The van der Waals surface area contributed by atoms with Gasteiger partial charge in [0.05, 0.1) is 8.07 Å². The average molecular weight is 531 g/mol. The zero-order valence-electron chi connectivity index (χ0n) is 23.4. The van der Waals surface area contributed by atoms with Gasteiger partial charge in [0, 0.05) is 11.1 Å². The van der Waals surface area contributed by atoms with E-state index < -0.39 is 8.07 Å². The number of allylic oxidation sites excluding steroid dienone is 2. The van der Waals surface area contributed by atoms with Crippen molar-refractivity contribution in [2.24, 2.45) is 0 Å². The summed E-state index contributed by atoms with van der Waals surface area (Å²) in [6, 6.07) is 46.8. The molecule has 1 heteroatoms. The number of benzene rings is 5. The standard InChI is InChI=1S/C39H34Si/c1-27-25-36-31(28-15-7-4-8-16-28)21-13-23-33(36)38(27)40(2,3)39-34-24-14-22-32(29-17-9-5-10-18-29)37(34)26-35(39)30-19-11-6-12-20-30/h4-26,38-39H,1-3H3. The lowest BCUT2D eigenvalue weighted by atomic mass is 9.97. The van der Waals surface area contributed by atoms with Gasteiger partial charge < -0.3 is 0 Å². The van der Waals surface area contributed by atoms with Crippen LogP contribution in [0.5, 0.6) is 0 Å². The highest BCUT2D eigenvalue weighted by molar-refractivity contribution is 6.83. The number of hydrogen-bond donors (Lipinski definition) is 0. The predicted molar refractivity (Wildman–Crippen MR) is 175 cm³/mol. The minimum absolute atomic E-state index is 0.397. The first-order chi connectivity index (χ1) is 19.5. The Kier molecular flexibility index (Phi) is 6.06. The van der Waals surface area contributed by atoms with Crippen LogP contribution in [-0.4, -0.2) is 8.07 Å². The van der Waals surface area contributed by atoms with Crippen molar-refractivity contribution in [1.29, 1.82) is 0 Å². The summed E-state index contributed by atoms with van der Waals surface area (Å²) in [6.07, 6.45) is 5.00. The van der Waals surface area contributed by atoms with E-state index in [1.807, 2.05) is 0 Å². The number of fused-ring (bicyclic) bond motifs is 2. The van der Waals surface area contributed by atoms with Crippen molar-refractivity contribution in [3.05, 3.63) is 161 Å². The molecule has 0 saturated carbocycles. The molecule has 40 heavy (non-hydrogen) atoms. The van der Waals surface area contributed by atoms with Crippen molar-refractivity contribution >= 4 is 25.8 Å². The zero-order chi connectivity index (χ0) is 27.3. The van der Waals surface area contributed by atoms with Gasteiger partial charge in [-0.3, -0.25) is 0 Å². The van der Waals surface area contributed by atoms with Gasteiger partial charge in [0.1, 0.15) is 0 Å². The van der Waals surface area contributed by atoms with Crippen molar-refractivity contribution in [3.8, 4) is 22.3 Å². The molecular weight excluding hydrogens is 497 g/mol. The van der Waals surface area contributed by atoms with Crippen molar-refractivity contribution in [3.63, 3.8) is 0 Å². The first-order valence-corrected chi connectivity index (χ1v) is 17.5. The summed E-state index contributed by atoms with van der Waals surface area (Å²) in [4.78, 5) is 0. The van der Waals surface area contributed by atoms with Crippen molar-refractivity contribution in [1.82, 2.24) is 0 Å². The first kappa shape index (κ1) is 24.8. The monoisotopic (exact) mass is 530 g/mol. The van der Waals surface area contributed by atoms with Gasteiger partial charge in [-0.15, -0.1) is 0 Å². The summed E-state index contributed by atoms with van der Waals surface area (Å²) < 4.78 is 0. The van der Waals surface area contributed by atoms with E-state index in [-0.39, 0.29) is 0 Å². The van der Waals surface area contributed by atoms with Crippen LogP contribution < -0.4 is 0 Å². The lowest BCUT2D eigenvalue weighted by Crippen LogP contribution is -2.42. The van der Waals surface area contributed by atoms with Crippen LogP contribution in [0, 0.1) is 0 Å². The predicted octanol–water partition coefficient (Wildman–Crippen LogP) is 10.6. The van der Waals surface area contributed by atoms with E-state index in [9.17, 15) is 0 Å². The van der Waals surface area contributed by atoms with Gasteiger partial charge in [0.25, 0.3) is 0 Å². The van der Waals surface area contributed by atoms with E-state index in [2.05, 4.69) is 160 Å². The highest BCUT2D eigenvalue weighted by Gasteiger charge is 2.48. The highest BCUT2D eigenvalue weighted by Crippen LogP contribution is 2.56. The fourth-order valence-corrected chi connectivity index (χ4v) is 12.3. The maximum absolute atomic E-state index is 2.63. The van der Waals surface area contributed by atoms with E-state index >= 15 is 0 Å². The molecule has 0 aliphatic heterocycles. The number of hydrogen-bond acceptors (Lipinski definition) is 0. The summed E-state index contributed by atoms with van der Waals surface area (Å²) in [6.45, 7) is 7.63. The van der Waals surface area contributed by atoms with E-state index in [0.29, 0.717) is 11.1 Å². The Balaban J connectivity index is 1.40. The quantitative estimate of drug-likeness (QED) is 0.198. The zero-order valence-corrected chi connectivity index (χ0v) is 24.4. The Bertz CT molecular complexity index is 1760. The summed E-state index contributed by atoms with van der Waals surface area (Å²) >= 11 is 0. The van der Waals surface area contributed by atoms with Gasteiger partial charge in [0.2, 0.25) is 0 Å². The molecule has 7 rings (SSSR count). The maximum atomic E-state index is 2.63. The topological polar surface area (TPSA) is 0 Å².